The van der Waals surface area contributed by atoms with Gasteiger partial charge < -0.3 is 19.5 Å². The van der Waals surface area contributed by atoms with Crippen LogP contribution in [0, 0.1) is 23.7 Å². The van der Waals surface area contributed by atoms with Gasteiger partial charge in [-0.2, -0.15) is 5.26 Å². The van der Waals surface area contributed by atoms with Gasteiger partial charge in [-0.15, -0.1) is 0 Å². The predicted octanol–water partition coefficient (Wildman–Crippen LogP) is 3.19. The number of nitrogens with one attached hydrogen (secondary N) is 1. The van der Waals surface area contributed by atoms with Crippen LogP contribution >= 0.6 is 0 Å². The van der Waals surface area contributed by atoms with Crippen molar-refractivity contribution in [2.75, 3.05) is 32.8 Å². The van der Waals surface area contributed by atoms with Crippen LogP contribution in [0.4, 0.5) is 0 Å². The van der Waals surface area contributed by atoms with Gasteiger partial charge in [-0.1, -0.05) is 0 Å². The van der Waals surface area contributed by atoms with E-state index in [0.29, 0.717) is 17.8 Å². The summed E-state index contributed by atoms with van der Waals surface area (Å²) in [5.41, 5.74) is 4.48. The number of nitrogens with zero attached hydrogens (tertiary/aromatic N) is 5. The highest BCUT2D eigenvalue weighted by atomic mass is 16.5. The maximum Gasteiger partial charge on any atom is 0.226 e. The first-order valence-electron chi connectivity index (χ1n) is 12.0. The first-order valence-corrected chi connectivity index (χ1v) is 12.0. The molecule has 0 saturated carbocycles. The van der Waals surface area contributed by atoms with Gasteiger partial charge in [-0.05, 0) is 75.5 Å². The fourth-order valence-electron chi connectivity index (χ4n) is 5.19. The molecule has 4 heterocycles. The van der Waals surface area contributed by atoms with Crippen LogP contribution in [0.1, 0.15) is 36.9 Å². The van der Waals surface area contributed by atoms with E-state index in [0.717, 1.165) is 79.9 Å². The van der Waals surface area contributed by atoms with Crippen LogP contribution in [-0.2, 0) is 11.8 Å². The van der Waals surface area contributed by atoms with Gasteiger partial charge in [0.25, 0.3) is 0 Å². The molecule has 1 aromatic carbocycles. The highest BCUT2D eigenvalue weighted by Gasteiger charge is 2.44. The highest BCUT2D eigenvalue weighted by Crippen LogP contribution is 2.38. The zero-order valence-corrected chi connectivity index (χ0v) is 19.8. The van der Waals surface area contributed by atoms with Gasteiger partial charge in [-0.25, -0.2) is 9.97 Å². The molecule has 0 aliphatic carbocycles. The van der Waals surface area contributed by atoms with E-state index in [9.17, 15) is 10.1 Å². The number of nitriles is 1. The second kappa shape index (κ2) is 9.07. The molecule has 2 saturated heterocycles. The van der Waals surface area contributed by atoms with Crippen molar-refractivity contribution in [3.8, 4) is 23.1 Å². The summed E-state index contributed by atoms with van der Waals surface area (Å²) in [7, 11) is 1.91. The van der Waals surface area contributed by atoms with Gasteiger partial charge in [0.2, 0.25) is 5.91 Å². The zero-order chi connectivity index (χ0) is 23.7. The summed E-state index contributed by atoms with van der Waals surface area (Å²) in [4.78, 5) is 23.4. The number of amides is 1. The third kappa shape index (κ3) is 4.12. The van der Waals surface area contributed by atoms with Crippen LogP contribution in [0.5, 0.6) is 5.75 Å². The number of benzene rings is 1. The Morgan fingerprint density at radius 1 is 1.24 bits per heavy atom. The lowest BCUT2D eigenvalue weighted by atomic mass is 9.77. The average molecular weight is 459 g/mol. The van der Waals surface area contributed by atoms with Crippen LogP contribution in [0.2, 0.25) is 0 Å². The van der Waals surface area contributed by atoms with Crippen molar-refractivity contribution in [2.45, 2.75) is 32.6 Å². The lowest BCUT2D eigenvalue weighted by Gasteiger charge is -2.37. The monoisotopic (exact) mass is 458 g/mol. The summed E-state index contributed by atoms with van der Waals surface area (Å²) >= 11 is 0. The van der Waals surface area contributed by atoms with E-state index >= 15 is 0 Å². The van der Waals surface area contributed by atoms with Crippen molar-refractivity contribution in [1.29, 1.82) is 5.26 Å². The van der Waals surface area contributed by atoms with E-state index in [1.165, 1.54) is 0 Å². The van der Waals surface area contributed by atoms with Gasteiger partial charge in [0, 0.05) is 25.7 Å². The largest absolute Gasteiger partial charge is 0.493 e. The minimum absolute atomic E-state index is 0.101. The topological polar surface area (TPSA) is 96.1 Å². The molecule has 0 unspecified atom stereocenters. The van der Waals surface area contributed by atoms with E-state index in [1.807, 2.05) is 36.7 Å². The van der Waals surface area contributed by atoms with Crippen LogP contribution in [0.3, 0.4) is 0 Å². The van der Waals surface area contributed by atoms with E-state index in [2.05, 4.69) is 32.3 Å². The molecule has 8 heteroatoms. The molecule has 0 bridgehead atoms. The molecule has 0 radical (unpaired) electrons. The Morgan fingerprint density at radius 3 is 2.76 bits per heavy atom. The number of carbonyl (C=O) groups excluding carboxylic acids is 1. The molecule has 176 valence electrons. The fourth-order valence-corrected chi connectivity index (χ4v) is 5.19. The van der Waals surface area contributed by atoms with Crippen molar-refractivity contribution in [3.63, 3.8) is 0 Å². The van der Waals surface area contributed by atoms with E-state index in [4.69, 9.17) is 4.74 Å². The van der Waals surface area contributed by atoms with Crippen molar-refractivity contribution < 1.29 is 9.53 Å². The normalized spacial score (nSPS) is 17.7. The Hall–Kier alpha value is -3.44. The molecular formula is C26H30N6O2. The highest BCUT2D eigenvalue weighted by molar-refractivity contribution is 5.85. The molecule has 1 spiro atoms. The summed E-state index contributed by atoms with van der Waals surface area (Å²) in [6.07, 6.45) is 5.57. The Balaban J connectivity index is 1.17. The van der Waals surface area contributed by atoms with Crippen LogP contribution in [0.25, 0.3) is 22.3 Å². The fraction of sp³-hybridized carbons (Fsp3) is 0.462. The molecule has 5 rings (SSSR count). The van der Waals surface area contributed by atoms with Gasteiger partial charge in [-0.3, -0.25) is 4.79 Å². The number of piperidine rings is 1. The summed E-state index contributed by atoms with van der Waals surface area (Å²) in [6, 6.07) is 10.2. The van der Waals surface area contributed by atoms with Gasteiger partial charge in [0.05, 0.1) is 29.6 Å². The lowest BCUT2D eigenvalue weighted by molar-refractivity contribution is -0.130. The maximum absolute atomic E-state index is 12.1. The molecule has 2 fully saturated rings. The summed E-state index contributed by atoms with van der Waals surface area (Å²) in [5, 5.41) is 12.5. The molecule has 3 aromatic rings. The number of hydrogen-bond acceptors (Lipinski definition) is 6. The number of aromatic nitrogens is 3. The van der Waals surface area contributed by atoms with Crippen LogP contribution < -0.4 is 10.1 Å². The molecule has 34 heavy (non-hydrogen) atoms. The number of aryl methyl sites for hydroxylation is 2. The smallest absolute Gasteiger partial charge is 0.226 e. The van der Waals surface area contributed by atoms with E-state index in [1.54, 1.807) is 6.33 Å². The Morgan fingerprint density at radius 2 is 2.06 bits per heavy atom. The number of ether oxygens (including phenoxy) is 1. The SMILES string of the molecule is Cc1cc(-c2cc3c(ncn3C)c(C#N)n2)ccc1OCCCN1CCC2(CCNC2=O)CC1. The van der Waals surface area contributed by atoms with Crippen LogP contribution in [-0.4, -0.2) is 58.1 Å². The number of likely N-dealkylation sites (tertiary alicyclic amines) is 1. The van der Waals surface area contributed by atoms with Gasteiger partial charge in [0.15, 0.2) is 5.69 Å². The maximum atomic E-state index is 12.1. The second-order valence-electron chi connectivity index (χ2n) is 9.50. The third-order valence-corrected chi connectivity index (χ3v) is 7.35. The average Bonchev–Trinajstić information content (AvgIpc) is 3.40. The van der Waals surface area contributed by atoms with Crippen LogP contribution in [0.15, 0.2) is 30.6 Å². The number of pyridine rings is 1. The zero-order valence-electron chi connectivity index (χ0n) is 19.8. The molecule has 2 aliphatic heterocycles. The second-order valence-corrected chi connectivity index (χ2v) is 9.50. The van der Waals surface area contributed by atoms with Crippen molar-refractivity contribution in [1.82, 2.24) is 24.8 Å². The van der Waals surface area contributed by atoms with E-state index in [-0.39, 0.29) is 11.3 Å². The summed E-state index contributed by atoms with van der Waals surface area (Å²) in [6.45, 7) is 6.47. The number of fused-ring (bicyclic) bond motifs is 1. The first kappa shape index (κ1) is 22.4. The van der Waals surface area contributed by atoms with Crippen molar-refractivity contribution in [3.05, 3.63) is 41.9 Å². The lowest BCUT2D eigenvalue weighted by Crippen LogP contribution is -2.44. The molecule has 0 atom stereocenters. The molecular weight excluding hydrogens is 428 g/mol. The molecule has 1 amide bonds. The minimum atomic E-state index is -0.101. The third-order valence-electron chi connectivity index (χ3n) is 7.35. The number of imidazole rings is 1. The van der Waals surface area contributed by atoms with Crippen molar-refractivity contribution >= 4 is 16.9 Å². The minimum Gasteiger partial charge on any atom is -0.493 e. The molecule has 1 N–H and O–H groups in total. The standard InChI is InChI=1S/C26H30N6O2/c1-18-14-19(20-15-22-24(21(16-27)30-20)29-17-31(22)2)4-5-23(18)34-13-3-10-32-11-7-26(8-12-32)6-9-28-25(26)33/h4-5,14-15,17H,3,6-13H2,1-2H3,(H,28,33). The van der Waals surface area contributed by atoms with Gasteiger partial charge >= 0.3 is 0 Å². The Kier molecular flexibility index (Phi) is 5.96. The summed E-state index contributed by atoms with van der Waals surface area (Å²) < 4.78 is 7.97. The predicted molar refractivity (Wildman–Crippen MR) is 129 cm³/mol. The number of hydrogen-bond donors (Lipinski definition) is 1. The first-order chi connectivity index (χ1) is 16.5. The van der Waals surface area contributed by atoms with E-state index < -0.39 is 0 Å². The van der Waals surface area contributed by atoms with Crippen molar-refractivity contribution in [2.24, 2.45) is 12.5 Å². The molecule has 8 nitrogen and oxygen atoms in total. The quantitative estimate of drug-likeness (QED) is 0.570. The number of carbonyl (C=O) groups is 1. The number of rotatable bonds is 6. The molecule has 2 aromatic heterocycles. The molecule has 2 aliphatic rings. The summed E-state index contributed by atoms with van der Waals surface area (Å²) in [5.74, 6) is 1.12. The van der Waals surface area contributed by atoms with Gasteiger partial charge in [0.1, 0.15) is 17.3 Å². The Labute approximate surface area is 199 Å². The Bertz CT molecular complexity index is 1270.